The zero-order valence-corrected chi connectivity index (χ0v) is 40.3. The van der Waals surface area contributed by atoms with Gasteiger partial charge in [-0.3, -0.25) is 9.80 Å². The molecule has 0 aliphatic rings. The molecule has 0 radical (unpaired) electrons. The number of methoxy groups -OCH3 is 2. The standard InChI is InChI=1S/C52H67N5O10/c1-53(2)44-19-15-40(16-20-44)36-56(38-42-11-9-13-47(31-42)60-7)51(58)66-29-25-62-23-27-64-49-33-46(55(5)6)34-50(35-49)65-28-24-63-26-30-67-52(59)57(39-43-12-10-14-48(32-43)61-8)37-41-17-21-45(22-18-41)54(3)4/h9-22,31-35H,23-30,36-39H2,1-8H3. The third kappa shape index (κ3) is 17.5. The second kappa shape index (κ2) is 27.0. The molecule has 360 valence electrons. The van der Waals surface area contributed by atoms with Crippen molar-refractivity contribution in [1.29, 1.82) is 0 Å². The van der Waals surface area contributed by atoms with Crippen molar-refractivity contribution in [2.24, 2.45) is 0 Å². The van der Waals surface area contributed by atoms with E-state index in [0.717, 1.165) is 50.8 Å². The lowest BCUT2D eigenvalue weighted by molar-refractivity contribution is 0.0421. The molecule has 0 saturated heterocycles. The van der Waals surface area contributed by atoms with Gasteiger partial charge in [0, 0.05) is 104 Å². The maximum absolute atomic E-state index is 13.3. The molecule has 15 heteroatoms. The van der Waals surface area contributed by atoms with E-state index < -0.39 is 12.2 Å². The van der Waals surface area contributed by atoms with Crippen molar-refractivity contribution in [2.75, 3.05) is 124 Å². The van der Waals surface area contributed by atoms with Crippen LogP contribution in [0, 0.1) is 0 Å². The van der Waals surface area contributed by atoms with Crippen LogP contribution in [0.15, 0.2) is 115 Å². The number of carbonyl (C=O) groups excluding carboxylic acids is 2. The molecule has 0 unspecified atom stereocenters. The molecule has 5 rings (SSSR count). The van der Waals surface area contributed by atoms with Gasteiger partial charge in [-0.2, -0.15) is 0 Å². The van der Waals surface area contributed by atoms with Gasteiger partial charge in [-0.1, -0.05) is 48.5 Å². The maximum Gasteiger partial charge on any atom is 0.410 e. The number of hydrogen-bond acceptors (Lipinski definition) is 13. The van der Waals surface area contributed by atoms with E-state index in [4.69, 9.17) is 37.9 Å². The Morgan fingerprint density at radius 2 is 0.761 bits per heavy atom. The minimum atomic E-state index is -0.442. The van der Waals surface area contributed by atoms with Crippen molar-refractivity contribution in [3.63, 3.8) is 0 Å². The number of nitrogens with zero attached hydrogens (tertiary/aromatic N) is 5. The normalized spacial score (nSPS) is 10.7. The summed E-state index contributed by atoms with van der Waals surface area (Å²) >= 11 is 0. The van der Waals surface area contributed by atoms with Crippen molar-refractivity contribution in [2.45, 2.75) is 26.2 Å². The van der Waals surface area contributed by atoms with Crippen LogP contribution in [0.1, 0.15) is 22.3 Å². The second-order valence-corrected chi connectivity index (χ2v) is 16.2. The van der Waals surface area contributed by atoms with Gasteiger partial charge in [0.05, 0.1) is 40.6 Å². The first-order chi connectivity index (χ1) is 32.4. The Morgan fingerprint density at radius 1 is 0.388 bits per heavy atom. The number of anilines is 3. The Kier molecular flexibility index (Phi) is 20.6. The fraction of sp³-hybridized carbons (Fsp3) is 0.385. The van der Waals surface area contributed by atoms with Crippen molar-refractivity contribution >= 4 is 29.2 Å². The molecule has 0 spiro atoms. The van der Waals surface area contributed by atoms with Crippen LogP contribution in [0.5, 0.6) is 23.0 Å². The van der Waals surface area contributed by atoms with Crippen LogP contribution in [0.2, 0.25) is 0 Å². The molecule has 67 heavy (non-hydrogen) atoms. The van der Waals surface area contributed by atoms with Gasteiger partial charge in [0.2, 0.25) is 0 Å². The predicted molar refractivity (Wildman–Crippen MR) is 262 cm³/mol. The largest absolute Gasteiger partial charge is 0.497 e. The predicted octanol–water partition coefficient (Wildman–Crippen LogP) is 8.37. The quantitative estimate of drug-likeness (QED) is 0.0469. The summed E-state index contributed by atoms with van der Waals surface area (Å²) in [5, 5.41) is 0. The molecule has 0 heterocycles. The van der Waals surface area contributed by atoms with Gasteiger partial charge in [0.25, 0.3) is 0 Å². The van der Waals surface area contributed by atoms with Gasteiger partial charge in [-0.15, -0.1) is 0 Å². The fourth-order valence-electron chi connectivity index (χ4n) is 6.77. The van der Waals surface area contributed by atoms with Crippen LogP contribution in [0.4, 0.5) is 26.7 Å². The molecule has 0 aliphatic heterocycles. The third-order valence-electron chi connectivity index (χ3n) is 10.5. The van der Waals surface area contributed by atoms with E-state index in [-0.39, 0.29) is 52.9 Å². The van der Waals surface area contributed by atoms with Crippen LogP contribution in [-0.2, 0) is 45.1 Å². The van der Waals surface area contributed by atoms with Gasteiger partial charge in [0.15, 0.2) is 0 Å². The molecule has 15 nitrogen and oxygen atoms in total. The molecule has 0 fully saturated rings. The summed E-state index contributed by atoms with van der Waals surface area (Å²) in [4.78, 5) is 36.0. The van der Waals surface area contributed by atoms with Crippen LogP contribution in [0.25, 0.3) is 0 Å². The first kappa shape index (κ1) is 51.1. The van der Waals surface area contributed by atoms with Crippen molar-refractivity contribution in [3.8, 4) is 23.0 Å². The summed E-state index contributed by atoms with van der Waals surface area (Å²) in [5.74, 6) is 2.67. The van der Waals surface area contributed by atoms with Crippen LogP contribution in [-0.4, -0.2) is 131 Å². The van der Waals surface area contributed by atoms with Gasteiger partial charge in [0.1, 0.15) is 49.4 Å². The number of rotatable bonds is 27. The average molecular weight is 922 g/mol. The molecule has 2 amide bonds. The fourth-order valence-corrected chi connectivity index (χ4v) is 6.77. The zero-order chi connectivity index (χ0) is 48.0. The van der Waals surface area contributed by atoms with Crippen LogP contribution >= 0.6 is 0 Å². The highest BCUT2D eigenvalue weighted by Gasteiger charge is 2.19. The lowest BCUT2D eigenvalue weighted by atomic mass is 10.1. The summed E-state index contributed by atoms with van der Waals surface area (Å²) < 4.78 is 45.7. The summed E-state index contributed by atoms with van der Waals surface area (Å²) in [6, 6.07) is 37.1. The van der Waals surface area contributed by atoms with Gasteiger partial charge in [-0.05, 0) is 70.8 Å². The van der Waals surface area contributed by atoms with Crippen LogP contribution < -0.4 is 33.6 Å². The smallest absolute Gasteiger partial charge is 0.410 e. The van der Waals surface area contributed by atoms with Gasteiger partial charge >= 0.3 is 12.2 Å². The molecular formula is C52H67N5O10. The van der Waals surface area contributed by atoms with Gasteiger partial charge in [-0.25, -0.2) is 9.59 Å². The number of ether oxygens (including phenoxy) is 8. The number of benzene rings is 5. The maximum atomic E-state index is 13.3. The summed E-state index contributed by atoms with van der Waals surface area (Å²) in [6.07, 6.45) is -0.884. The Balaban J connectivity index is 1.02. The number of hydrogen-bond donors (Lipinski definition) is 0. The van der Waals surface area contributed by atoms with E-state index in [2.05, 4.69) is 0 Å². The lowest BCUT2D eigenvalue weighted by Gasteiger charge is -2.23. The van der Waals surface area contributed by atoms with Crippen molar-refractivity contribution in [3.05, 3.63) is 138 Å². The molecule has 0 atom stereocenters. The molecule has 0 aliphatic carbocycles. The summed E-state index contributed by atoms with van der Waals surface area (Å²) in [6.45, 7) is 3.15. The van der Waals surface area contributed by atoms with E-state index in [0.29, 0.717) is 37.7 Å². The van der Waals surface area contributed by atoms with Crippen molar-refractivity contribution < 1.29 is 47.5 Å². The van der Waals surface area contributed by atoms with E-state index >= 15 is 0 Å². The summed E-state index contributed by atoms with van der Waals surface area (Å²) in [5.41, 5.74) is 6.86. The molecule has 0 bridgehead atoms. The van der Waals surface area contributed by atoms with Crippen LogP contribution in [0.3, 0.4) is 0 Å². The minimum absolute atomic E-state index is 0.0841. The Hall–Kier alpha value is -6.84. The molecular weight excluding hydrogens is 855 g/mol. The molecule has 0 N–H and O–H groups in total. The average Bonchev–Trinajstić information content (AvgIpc) is 3.33. The molecule has 5 aromatic carbocycles. The Labute approximate surface area is 396 Å². The number of carbonyl (C=O) groups is 2. The van der Waals surface area contributed by atoms with Crippen molar-refractivity contribution in [1.82, 2.24) is 9.80 Å². The Morgan fingerprint density at radius 3 is 1.13 bits per heavy atom. The summed E-state index contributed by atoms with van der Waals surface area (Å²) in [7, 11) is 15.1. The molecule has 5 aromatic rings. The SMILES string of the molecule is COc1cccc(CN(Cc2ccc(N(C)C)cc2)C(=O)OCCOCCOc2cc(OCCOCCOC(=O)N(Cc3ccc(N(C)C)cc3)Cc3cccc(OC)c3)cc(N(C)C)c2)c1. The third-order valence-corrected chi connectivity index (χ3v) is 10.5. The van der Waals surface area contributed by atoms with Gasteiger partial charge < -0.3 is 52.6 Å². The minimum Gasteiger partial charge on any atom is -0.497 e. The van der Waals surface area contributed by atoms with E-state index in [1.807, 2.05) is 172 Å². The highest BCUT2D eigenvalue weighted by Crippen LogP contribution is 2.28. The molecule has 0 saturated carbocycles. The van der Waals surface area contributed by atoms with E-state index in [1.54, 1.807) is 24.0 Å². The topological polar surface area (TPSA) is 124 Å². The number of amides is 2. The molecule has 0 aromatic heterocycles. The first-order valence-corrected chi connectivity index (χ1v) is 22.3. The first-order valence-electron chi connectivity index (χ1n) is 22.3. The van der Waals surface area contributed by atoms with E-state index in [9.17, 15) is 9.59 Å². The highest BCUT2D eigenvalue weighted by atomic mass is 16.6. The second-order valence-electron chi connectivity index (χ2n) is 16.2. The Bertz CT molecular complexity index is 2100. The highest BCUT2D eigenvalue weighted by molar-refractivity contribution is 5.68. The zero-order valence-electron chi connectivity index (χ0n) is 40.3. The van der Waals surface area contributed by atoms with E-state index in [1.165, 1.54) is 0 Å². The lowest BCUT2D eigenvalue weighted by Crippen LogP contribution is -2.31. The monoisotopic (exact) mass is 921 g/mol.